The van der Waals surface area contributed by atoms with Gasteiger partial charge in [0.2, 0.25) is 11.6 Å². The molecule has 0 amide bonds. The van der Waals surface area contributed by atoms with Crippen molar-refractivity contribution in [1.82, 2.24) is 15.2 Å². The van der Waals surface area contributed by atoms with Crippen molar-refractivity contribution in [2.24, 2.45) is 0 Å². The molecule has 0 spiro atoms. The highest BCUT2D eigenvalue weighted by Crippen LogP contribution is 2.21. The molecule has 2 heterocycles. The minimum atomic E-state index is -0.535. The first-order valence-electron chi connectivity index (χ1n) is 4.56. The molecule has 0 saturated carbocycles. The average Bonchev–Trinajstić information content (AvgIpc) is 2.85. The van der Waals surface area contributed by atoms with Gasteiger partial charge in [0, 0.05) is 0 Å². The Hall–Kier alpha value is -1.63. The van der Waals surface area contributed by atoms with Crippen LogP contribution in [0.25, 0.3) is 11.6 Å². The van der Waals surface area contributed by atoms with Gasteiger partial charge in [-0.2, -0.15) is 4.98 Å². The number of aromatic nitrogens is 3. The van der Waals surface area contributed by atoms with E-state index in [2.05, 4.69) is 31.1 Å². The molecule has 7 heteroatoms. The fourth-order valence-electron chi connectivity index (χ4n) is 1.10. The molecule has 0 aliphatic rings. The van der Waals surface area contributed by atoms with Gasteiger partial charge in [-0.25, -0.2) is 4.79 Å². The lowest BCUT2D eigenvalue weighted by Crippen LogP contribution is -2.06. The quantitative estimate of drug-likeness (QED) is 0.873. The highest BCUT2D eigenvalue weighted by Gasteiger charge is 2.15. The highest BCUT2D eigenvalue weighted by molar-refractivity contribution is 9.10. The predicted octanol–water partition coefficient (Wildman–Crippen LogP) is 2.00. The van der Waals surface area contributed by atoms with Gasteiger partial charge in [0.25, 0.3) is 0 Å². The zero-order chi connectivity index (χ0) is 11.5. The van der Waals surface area contributed by atoms with E-state index >= 15 is 0 Å². The number of carbonyl (C=O) groups excluding carboxylic acids is 1. The smallest absolute Gasteiger partial charge is 0.375 e. The summed E-state index contributed by atoms with van der Waals surface area (Å²) in [6, 6.07) is 3.41. The Morgan fingerprint density at radius 1 is 1.62 bits per heavy atom. The molecule has 0 bridgehead atoms. The first-order valence-corrected chi connectivity index (χ1v) is 5.35. The van der Waals surface area contributed by atoms with Crippen LogP contribution in [0.1, 0.15) is 17.5 Å². The summed E-state index contributed by atoms with van der Waals surface area (Å²) in [4.78, 5) is 15.3. The number of esters is 1. The largest absolute Gasteiger partial charge is 0.460 e. The van der Waals surface area contributed by atoms with Gasteiger partial charge >= 0.3 is 5.97 Å². The molecule has 0 aliphatic carbocycles. The van der Waals surface area contributed by atoms with E-state index in [1.165, 1.54) is 0 Å². The molecule has 0 unspecified atom stereocenters. The van der Waals surface area contributed by atoms with Gasteiger partial charge < -0.3 is 9.15 Å². The molecule has 16 heavy (non-hydrogen) atoms. The van der Waals surface area contributed by atoms with Crippen LogP contribution in [0.2, 0.25) is 0 Å². The highest BCUT2D eigenvalue weighted by atomic mass is 79.9. The van der Waals surface area contributed by atoms with Gasteiger partial charge in [0.1, 0.15) is 0 Å². The van der Waals surface area contributed by atoms with Crippen molar-refractivity contribution in [3.8, 4) is 11.6 Å². The van der Waals surface area contributed by atoms with Crippen molar-refractivity contribution >= 4 is 21.9 Å². The maximum Gasteiger partial charge on any atom is 0.375 e. The van der Waals surface area contributed by atoms with Crippen LogP contribution in [-0.4, -0.2) is 27.8 Å². The first kappa shape index (κ1) is 10.9. The lowest BCUT2D eigenvalue weighted by Gasteiger charge is -1.94. The molecule has 1 N–H and O–H groups in total. The van der Waals surface area contributed by atoms with Crippen molar-refractivity contribution in [2.45, 2.75) is 6.92 Å². The summed E-state index contributed by atoms with van der Waals surface area (Å²) in [6.07, 6.45) is 0. The maximum absolute atomic E-state index is 11.3. The second-order valence-electron chi connectivity index (χ2n) is 2.83. The molecule has 0 aliphatic heterocycles. The first-order chi connectivity index (χ1) is 7.70. The molecule has 0 radical (unpaired) electrons. The van der Waals surface area contributed by atoms with E-state index < -0.39 is 5.97 Å². The maximum atomic E-state index is 11.3. The van der Waals surface area contributed by atoms with Gasteiger partial charge in [-0.15, -0.1) is 5.10 Å². The zero-order valence-corrected chi connectivity index (χ0v) is 9.94. The second-order valence-corrected chi connectivity index (χ2v) is 3.61. The van der Waals surface area contributed by atoms with Crippen molar-refractivity contribution in [2.75, 3.05) is 6.61 Å². The fourth-order valence-corrected chi connectivity index (χ4v) is 1.40. The SMILES string of the molecule is CCOC(=O)c1nc(-c2ccc(Br)o2)n[nH]1. The summed E-state index contributed by atoms with van der Waals surface area (Å²) in [5, 5.41) is 6.34. The van der Waals surface area contributed by atoms with Gasteiger partial charge in [0.15, 0.2) is 10.4 Å². The van der Waals surface area contributed by atoms with Gasteiger partial charge in [-0.3, -0.25) is 5.10 Å². The number of ether oxygens (including phenoxy) is 1. The number of nitrogens with one attached hydrogen (secondary N) is 1. The van der Waals surface area contributed by atoms with Crippen LogP contribution in [-0.2, 0) is 4.74 Å². The molecule has 0 fully saturated rings. The van der Waals surface area contributed by atoms with E-state index in [1.54, 1.807) is 19.1 Å². The average molecular weight is 286 g/mol. The standard InChI is InChI=1S/C9H8BrN3O3/c1-2-15-9(14)8-11-7(12-13-8)5-3-4-6(10)16-5/h3-4H,2H2,1H3,(H,11,12,13). The Morgan fingerprint density at radius 3 is 3.06 bits per heavy atom. The minimum absolute atomic E-state index is 0.0596. The van der Waals surface area contributed by atoms with Crippen LogP contribution in [0, 0.1) is 0 Å². The number of halogens is 1. The molecule has 84 valence electrons. The van der Waals surface area contributed by atoms with Crippen LogP contribution in [0.5, 0.6) is 0 Å². The number of hydrogen-bond donors (Lipinski definition) is 1. The summed E-state index contributed by atoms with van der Waals surface area (Å²) in [5.41, 5.74) is 0. The number of nitrogens with zero attached hydrogens (tertiary/aromatic N) is 2. The lowest BCUT2D eigenvalue weighted by molar-refractivity contribution is 0.0512. The van der Waals surface area contributed by atoms with Gasteiger partial charge in [-0.1, -0.05) is 0 Å². The topological polar surface area (TPSA) is 81.0 Å². The fraction of sp³-hybridized carbons (Fsp3) is 0.222. The number of aromatic amines is 1. The number of carbonyl (C=O) groups is 1. The van der Waals surface area contributed by atoms with E-state index in [9.17, 15) is 4.79 Å². The lowest BCUT2D eigenvalue weighted by atomic mass is 10.4. The zero-order valence-electron chi connectivity index (χ0n) is 8.36. The van der Waals surface area contributed by atoms with E-state index in [0.717, 1.165) is 0 Å². The third-order valence-electron chi connectivity index (χ3n) is 1.75. The van der Waals surface area contributed by atoms with E-state index in [1.807, 2.05) is 0 Å². The summed E-state index contributed by atoms with van der Waals surface area (Å²) in [7, 11) is 0. The minimum Gasteiger partial charge on any atom is -0.460 e. The number of H-pyrrole nitrogens is 1. The van der Waals surface area contributed by atoms with Gasteiger partial charge in [0.05, 0.1) is 6.61 Å². The van der Waals surface area contributed by atoms with Crippen LogP contribution >= 0.6 is 15.9 Å². The Kier molecular flexibility index (Phi) is 3.04. The molecule has 0 saturated heterocycles. The van der Waals surface area contributed by atoms with E-state index in [0.29, 0.717) is 22.9 Å². The summed E-state index contributed by atoms with van der Waals surface area (Å²) in [5.74, 6) is 0.309. The number of hydrogen-bond acceptors (Lipinski definition) is 5. The molecule has 6 nitrogen and oxygen atoms in total. The summed E-state index contributed by atoms with van der Waals surface area (Å²) < 4.78 is 10.6. The summed E-state index contributed by atoms with van der Waals surface area (Å²) in [6.45, 7) is 2.01. The van der Waals surface area contributed by atoms with E-state index in [-0.39, 0.29) is 5.82 Å². The Morgan fingerprint density at radius 2 is 2.44 bits per heavy atom. The molecule has 0 atom stereocenters. The number of furan rings is 1. The molecular weight excluding hydrogens is 278 g/mol. The third kappa shape index (κ3) is 2.13. The number of rotatable bonds is 3. The monoisotopic (exact) mass is 285 g/mol. The van der Waals surface area contributed by atoms with Crippen LogP contribution in [0.15, 0.2) is 21.2 Å². The van der Waals surface area contributed by atoms with Crippen LogP contribution in [0.3, 0.4) is 0 Å². The third-order valence-corrected chi connectivity index (χ3v) is 2.17. The van der Waals surface area contributed by atoms with Crippen molar-refractivity contribution in [3.05, 3.63) is 22.6 Å². The Labute approximate surface area is 99.1 Å². The second kappa shape index (κ2) is 4.48. The van der Waals surface area contributed by atoms with E-state index in [4.69, 9.17) is 9.15 Å². The van der Waals surface area contributed by atoms with Crippen molar-refractivity contribution < 1.29 is 13.9 Å². The van der Waals surface area contributed by atoms with Crippen molar-refractivity contribution in [1.29, 1.82) is 0 Å². The normalized spacial score (nSPS) is 10.4. The molecule has 0 aromatic carbocycles. The summed E-state index contributed by atoms with van der Waals surface area (Å²) >= 11 is 3.17. The molecule has 2 aromatic rings. The molecule has 2 rings (SSSR count). The predicted molar refractivity (Wildman–Crippen MR) is 57.7 cm³/mol. The Balaban J connectivity index is 2.22. The van der Waals surface area contributed by atoms with Crippen molar-refractivity contribution in [3.63, 3.8) is 0 Å². The van der Waals surface area contributed by atoms with Crippen LogP contribution < -0.4 is 0 Å². The van der Waals surface area contributed by atoms with Gasteiger partial charge in [-0.05, 0) is 35.0 Å². The Bertz CT molecular complexity index is 506. The van der Waals surface area contributed by atoms with Crippen LogP contribution in [0.4, 0.5) is 0 Å². The molecular formula is C9H8BrN3O3. The molecule has 2 aromatic heterocycles.